The fourth-order valence-electron chi connectivity index (χ4n) is 4.26. The zero-order chi connectivity index (χ0) is 23.7. The van der Waals surface area contributed by atoms with Crippen molar-refractivity contribution in [3.63, 3.8) is 0 Å². The van der Waals surface area contributed by atoms with Crippen LogP contribution in [0.1, 0.15) is 46.6 Å². The molecule has 0 amide bonds. The minimum atomic E-state index is -0.719. The quantitative estimate of drug-likeness (QED) is 0.451. The predicted octanol–water partition coefficient (Wildman–Crippen LogP) is 4.35. The summed E-state index contributed by atoms with van der Waals surface area (Å²) in [6.45, 7) is 11.5. The second-order valence-corrected chi connectivity index (χ2v) is 9.40. The number of aliphatic hydroxyl groups is 1. The maximum absolute atomic E-state index is 10.7. The van der Waals surface area contributed by atoms with E-state index in [0.717, 1.165) is 12.0 Å². The molecule has 0 aromatic heterocycles. The summed E-state index contributed by atoms with van der Waals surface area (Å²) in [7, 11) is 3.43. The summed E-state index contributed by atoms with van der Waals surface area (Å²) < 4.78 is 28.9. The highest BCUT2D eigenvalue weighted by atomic mass is 16.7. The van der Waals surface area contributed by atoms with Gasteiger partial charge < -0.3 is 28.8 Å². The van der Waals surface area contributed by atoms with Gasteiger partial charge in [0.25, 0.3) is 0 Å². The van der Waals surface area contributed by atoms with Gasteiger partial charge in [0.2, 0.25) is 0 Å². The van der Waals surface area contributed by atoms with Crippen LogP contribution in [-0.2, 0) is 30.3 Å². The maximum Gasteiger partial charge on any atom is 0.163 e. The number of methoxy groups -OCH3 is 2. The van der Waals surface area contributed by atoms with Crippen molar-refractivity contribution in [3.8, 4) is 0 Å². The summed E-state index contributed by atoms with van der Waals surface area (Å²) in [5, 5.41) is 10.7. The Hall–Kier alpha value is -1.28. The molecule has 0 bridgehead atoms. The molecule has 0 saturated carbocycles. The van der Waals surface area contributed by atoms with E-state index < -0.39 is 11.9 Å². The normalized spacial score (nSPS) is 23.5. The molecule has 0 radical (unpaired) electrons. The first-order valence-electron chi connectivity index (χ1n) is 11.5. The molecule has 0 spiro atoms. The predicted molar refractivity (Wildman–Crippen MR) is 125 cm³/mol. The summed E-state index contributed by atoms with van der Waals surface area (Å²) in [5.74, 6) is -0.297. The molecule has 1 fully saturated rings. The lowest BCUT2D eigenvalue weighted by Crippen LogP contribution is -2.37. The molecule has 0 unspecified atom stereocenters. The smallest absolute Gasteiger partial charge is 0.163 e. The summed E-state index contributed by atoms with van der Waals surface area (Å²) in [6.07, 6.45) is 1.55. The number of hydrogen-bond acceptors (Lipinski definition) is 6. The highest BCUT2D eigenvalue weighted by Gasteiger charge is 2.37. The van der Waals surface area contributed by atoms with Crippen molar-refractivity contribution in [2.75, 3.05) is 27.4 Å². The molecule has 2 rings (SSSR count). The second kappa shape index (κ2) is 12.8. The van der Waals surface area contributed by atoms with Gasteiger partial charge >= 0.3 is 0 Å². The van der Waals surface area contributed by atoms with Gasteiger partial charge in [-0.1, -0.05) is 50.3 Å². The molecule has 6 atom stereocenters. The van der Waals surface area contributed by atoms with Crippen molar-refractivity contribution < 1.29 is 28.8 Å². The Morgan fingerprint density at radius 1 is 1.19 bits per heavy atom. The molecule has 1 aliphatic heterocycles. The maximum atomic E-state index is 10.7. The van der Waals surface area contributed by atoms with Crippen LogP contribution in [0.15, 0.2) is 42.0 Å². The fraction of sp³-hybridized carbons (Fsp3) is 0.692. The number of ether oxygens (including phenoxy) is 5. The molecule has 1 heterocycles. The van der Waals surface area contributed by atoms with Crippen LogP contribution in [0.5, 0.6) is 0 Å². The molecule has 1 aliphatic rings. The van der Waals surface area contributed by atoms with Crippen LogP contribution < -0.4 is 0 Å². The third-order valence-electron chi connectivity index (χ3n) is 5.98. The van der Waals surface area contributed by atoms with Gasteiger partial charge in [0.05, 0.1) is 25.4 Å². The first-order valence-corrected chi connectivity index (χ1v) is 11.5. The van der Waals surface area contributed by atoms with Crippen molar-refractivity contribution in [2.24, 2.45) is 11.8 Å². The minimum Gasteiger partial charge on any atom is -0.386 e. The molecule has 1 aromatic rings. The van der Waals surface area contributed by atoms with Crippen LogP contribution >= 0.6 is 0 Å². The van der Waals surface area contributed by atoms with Gasteiger partial charge in [-0.3, -0.25) is 0 Å². The Morgan fingerprint density at radius 3 is 2.44 bits per heavy atom. The van der Waals surface area contributed by atoms with Crippen molar-refractivity contribution >= 4 is 0 Å². The van der Waals surface area contributed by atoms with Gasteiger partial charge in [0.1, 0.15) is 12.2 Å². The van der Waals surface area contributed by atoms with Gasteiger partial charge in [0.15, 0.2) is 5.79 Å². The standard InChI is InChI=1S/C26H42O6/c1-18(15-30-16-21-11-9-8-10-12-21)13-22(28-6)25(29-7)20(3)14-19(2)24(27)23-17-31-26(4,5)32-23/h8-12,14,18,20,22-25,27H,13,15-17H2,1-7H3/b19-14+/t18-,20-,22-,23-,24+,25+/m0/s1. The Bertz CT molecular complexity index is 689. The van der Waals surface area contributed by atoms with Crippen molar-refractivity contribution in [1.82, 2.24) is 0 Å². The lowest BCUT2D eigenvalue weighted by atomic mass is 9.90. The first kappa shape index (κ1) is 27.0. The van der Waals surface area contributed by atoms with E-state index in [9.17, 15) is 5.11 Å². The fourth-order valence-corrected chi connectivity index (χ4v) is 4.26. The summed E-state index contributed by atoms with van der Waals surface area (Å²) >= 11 is 0. The number of rotatable bonds is 13. The van der Waals surface area contributed by atoms with Gasteiger partial charge in [-0.2, -0.15) is 0 Å². The third-order valence-corrected chi connectivity index (χ3v) is 5.98. The van der Waals surface area contributed by atoms with E-state index in [1.54, 1.807) is 14.2 Å². The van der Waals surface area contributed by atoms with Gasteiger partial charge in [0, 0.05) is 26.7 Å². The van der Waals surface area contributed by atoms with Crippen LogP contribution in [0.4, 0.5) is 0 Å². The van der Waals surface area contributed by atoms with E-state index in [1.807, 2.05) is 39.0 Å². The Balaban J connectivity index is 1.89. The lowest BCUT2D eigenvalue weighted by molar-refractivity contribution is -0.148. The third kappa shape index (κ3) is 8.25. The lowest BCUT2D eigenvalue weighted by Gasteiger charge is -2.31. The average molecular weight is 451 g/mol. The monoisotopic (exact) mass is 450 g/mol. The molecule has 6 heteroatoms. The molecule has 0 aliphatic carbocycles. The summed E-state index contributed by atoms with van der Waals surface area (Å²) in [4.78, 5) is 0. The Labute approximate surface area is 193 Å². The largest absolute Gasteiger partial charge is 0.386 e. The highest BCUT2D eigenvalue weighted by Crippen LogP contribution is 2.28. The highest BCUT2D eigenvalue weighted by molar-refractivity contribution is 5.13. The van der Waals surface area contributed by atoms with E-state index in [0.29, 0.717) is 25.7 Å². The van der Waals surface area contributed by atoms with E-state index >= 15 is 0 Å². The summed E-state index contributed by atoms with van der Waals surface area (Å²) in [5.41, 5.74) is 2.02. The molecule has 182 valence electrons. The van der Waals surface area contributed by atoms with Gasteiger partial charge in [-0.15, -0.1) is 0 Å². The van der Waals surface area contributed by atoms with Crippen LogP contribution in [0.3, 0.4) is 0 Å². The molecular weight excluding hydrogens is 408 g/mol. The van der Waals surface area contributed by atoms with Crippen molar-refractivity contribution in [2.45, 2.75) is 77.8 Å². The van der Waals surface area contributed by atoms with Crippen molar-refractivity contribution in [1.29, 1.82) is 0 Å². The minimum absolute atomic E-state index is 0.0485. The van der Waals surface area contributed by atoms with Crippen LogP contribution in [0.2, 0.25) is 0 Å². The number of aliphatic hydroxyl groups excluding tert-OH is 1. The molecule has 6 nitrogen and oxygen atoms in total. The topological polar surface area (TPSA) is 66.4 Å². The molecule has 1 aromatic carbocycles. The van der Waals surface area contributed by atoms with E-state index in [-0.39, 0.29) is 24.2 Å². The van der Waals surface area contributed by atoms with Crippen LogP contribution in [0, 0.1) is 11.8 Å². The zero-order valence-corrected chi connectivity index (χ0v) is 20.7. The summed E-state index contributed by atoms with van der Waals surface area (Å²) in [6, 6.07) is 10.2. The molecule has 1 saturated heterocycles. The van der Waals surface area contributed by atoms with E-state index in [4.69, 9.17) is 23.7 Å². The second-order valence-electron chi connectivity index (χ2n) is 9.40. The number of hydrogen-bond donors (Lipinski definition) is 1. The van der Waals surface area contributed by atoms with Crippen LogP contribution in [0.25, 0.3) is 0 Å². The zero-order valence-electron chi connectivity index (χ0n) is 20.7. The van der Waals surface area contributed by atoms with Crippen LogP contribution in [-0.4, -0.2) is 62.7 Å². The van der Waals surface area contributed by atoms with E-state index in [1.165, 1.54) is 5.56 Å². The van der Waals surface area contributed by atoms with E-state index in [2.05, 4.69) is 32.1 Å². The van der Waals surface area contributed by atoms with Gasteiger partial charge in [-0.25, -0.2) is 0 Å². The number of benzene rings is 1. The first-order chi connectivity index (χ1) is 15.2. The molecule has 32 heavy (non-hydrogen) atoms. The Morgan fingerprint density at radius 2 is 1.88 bits per heavy atom. The van der Waals surface area contributed by atoms with Crippen molar-refractivity contribution in [3.05, 3.63) is 47.5 Å². The average Bonchev–Trinajstić information content (AvgIpc) is 3.13. The molecular formula is C26H42O6. The SMILES string of the molecule is CO[C@@H]([C@H](C[C@H](C)COCc1ccccc1)OC)[C@@H](C)/C=C(\C)[C@@H](O)[C@@H]1COC(C)(C)O1. The van der Waals surface area contributed by atoms with Gasteiger partial charge in [-0.05, 0) is 44.2 Å². The molecule has 1 N–H and O–H groups in total. The Kier molecular flexibility index (Phi) is 10.8.